The monoisotopic (exact) mass is 156 g/mol. The molecule has 0 radical (unpaired) electrons. The van der Waals surface area contributed by atoms with E-state index in [4.69, 9.17) is 4.74 Å². The fourth-order valence-electron chi connectivity index (χ4n) is 1.48. The van der Waals surface area contributed by atoms with Crippen molar-refractivity contribution in [3.05, 3.63) is 0 Å². The molecule has 0 aliphatic heterocycles. The van der Waals surface area contributed by atoms with Gasteiger partial charge in [-0.25, -0.2) is 0 Å². The summed E-state index contributed by atoms with van der Waals surface area (Å²) in [5.41, 5.74) is 0.0819. The van der Waals surface area contributed by atoms with Gasteiger partial charge in [0, 0.05) is 19.1 Å². The Morgan fingerprint density at radius 1 is 1.55 bits per heavy atom. The number of rotatable bonds is 5. The molecule has 64 valence electrons. The molecular formula is C9H16O2. The van der Waals surface area contributed by atoms with Gasteiger partial charge in [-0.1, -0.05) is 0 Å². The zero-order valence-corrected chi connectivity index (χ0v) is 7.35. The van der Waals surface area contributed by atoms with Crippen LogP contribution in [0.4, 0.5) is 0 Å². The number of carbonyl (C=O) groups is 1. The fourth-order valence-corrected chi connectivity index (χ4v) is 1.48. The van der Waals surface area contributed by atoms with E-state index >= 15 is 0 Å². The Bertz CT molecular complexity index is 148. The lowest BCUT2D eigenvalue weighted by atomic mass is 9.96. The summed E-state index contributed by atoms with van der Waals surface area (Å²) in [4.78, 5) is 11.1. The predicted molar refractivity (Wildman–Crippen MR) is 43.5 cm³/mol. The van der Waals surface area contributed by atoms with Crippen LogP contribution in [0.2, 0.25) is 0 Å². The van der Waals surface area contributed by atoms with Crippen LogP contribution in [-0.2, 0) is 9.53 Å². The van der Waals surface area contributed by atoms with Gasteiger partial charge in [0.15, 0.2) is 0 Å². The molecule has 0 bridgehead atoms. The Morgan fingerprint density at radius 2 is 2.18 bits per heavy atom. The Morgan fingerprint density at radius 3 is 2.55 bits per heavy atom. The van der Waals surface area contributed by atoms with Crippen LogP contribution >= 0.6 is 0 Å². The maximum atomic E-state index is 11.1. The molecule has 0 aromatic heterocycles. The summed E-state index contributed by atoms with van der Waals surface area (Å²) in [5, 5.41) is 0. The van der Waals surface area contributed by atoms with Crippen LogP contribution in [0.5, 0.6) is 0 Å². The highest BCUT2D eigenvalue weighted by Crippen LogP contribution is 2.50. The van der Waals surface area contributed by atoms with Gasteiger partial charge in [0.1, 0.15) is 5.78 Å². The number of methoxy groups -OCH3 is 1. The van der Waals surface area contributed by atoms with E-state index < -0.39 is 0 Å². The van der Waals surface area contributed by atoms with Crippen molar-refractivity contribution in [2.24, 2.45) is 5.41 Å². The van der Waals surface area contributed by atoms with E-state index in [0.717, 1.165) is 32.3 Å². The summed E-state index contributed by atoms with van der Waals surface area (Å²) in [6.07, 6.45) is 4.25. The largest absolute Gasteiger partial charge is 0.385 e. The Hall–Kier alpha value is -0.370. The van der Waals surface area contributed by atoms with Crippen molar-refractivity contribution >= 4 is 5.78 Å². The summed E-state index contributed by atoms with van der Waals surface area (Å²) >= 11 is 0. The third-order valence-corrected chi connectivity index (χ3v) is 2.60. The van der Waals surface area contributed by atoms with Crippen LogP contribution < -0.4 is 0 Å². The first kappa shape index (κ1) is 8.72. The summed E-state index contributed by atoms with van der Waals surface area (Å²) in [5.74, 6) is 0.369. The molecule has 2 nitrogen and oxygen atoms in total. The van der Waals surface area contributed by atoms with Crippen molar-refractivity contribution in [1.82, 2.24) is 0 Å². The topological polar surface area (TPSA) is 26.3 Å². The Labute approximate surface area is 67.9 Å². The maximum Gasteiger partial charge on any atom is 0.135 e. The molecule has 1 fully saturated rings. The van der Waals surface area contributed by atoms with E-state index in [0.29, 0.717) is 5.78 Å². The van der Waals surface area contributed by atoms with E-state index in [1.54, 1.807) is 14.0 Å². The van der Waals surface area contributed by atoms with Crippen LogP contribution in [0, 0.1) is 5.41 Å². The zero-order chi connectivity index (χ0) is 8.32. The summed E-state index contributed by atoms with van der Waals surface area (Å²) in [6, 6.07) is 0. The molecule has 0 atom stereocenters. The Balaban J connectivity index is 2.20. The lowest BCUT2D eigenvalue weighted by Crippen LogP contribution is -2.12. The van der Waals surface area contributed by atoms with E-state index in [1.807, 2.05) is 0 Å². The molecule has 11 heavy (non-hydrogen) atoms. The lowest BCUT2D eigenvalue weighted by Gasteiger charge is -2.09. The summed E-state index contributed by atoms with van der Waals surface area (Å²) in [6.45, 7) is 2.49. The molecule has 1 aliphatic carbocycles. The van der Waals surface area contributed by atoms with E-state index in [9.17, 15) is 4.79 Å². The summed E-state index contributed by atoms with van der Waals surface area (Å²) < 4.78 is 4.93. The molecule has 1 saturated carbocycles. The molecule has 0 unspecified atom stereocenters. The van der Waals surface area contributed by atoms with E-state index in [1.165, 1.54) is 0 Å². The molecule has 2 heteroatoms. The number of carbonyl (C=O) groups excluding carboxylic acids is 1. The average Bonchev–Trinajstić information content (AvgIpc) is 2.70. The quantitative estimate of drug-likeness (QED) is 0.567. The van der Waals surface area contributed by atoms with Crippen molar-refractivity contribution in [3.63, 3.8) is 0 Å². The van der Waals surface area contributed by atoms with Crippen LogP contribution in [0.25, 0.3) is 0 Å². The van der Waals surface area contributed by atoms with Gasteiger partial charge in [0.2, 0.25) is 0 Å². The second-order valence-electron chi connectivity index (χ2n) is 3.43. The van der Waals surface area contributed by atoms with Crippen molar-refractivity contribution < 1.29 is 9.53 Å². The highest BCUT2D eigenvalue weighted by molar-refractivity contribution is 5.84. The second-order valence-corrected chi connectivity index (χ2v) is 3.43. The van der Waals surface area contributed by atoms with Crippen LogP contribution in [-0.4, -0.2) is 19.5 Å². The zero-order valence-electron chi connectivity index (χ0n) is 7.35. The third kappa shape index (κ3) is 2.03. The van der Waals surface area contributed by atoms with Crippen LogP contribution in [0.3, 0.4) is 0 Å². The van der Waals surface area contributed by atoms with Gasteiger partial charge in [-0.15, -0.1) is 0 Å². The predicted octanol–water partition coefficient (Wildman–Crippen LogP) is 1.78. The molecule has 1 rings (SSSR count). The molecule has 0 aromatic carbocycles. The van der Waals surface area contributed by atoms with Gasteiger partial charge in [-0.05, 0) is 32.6 Å². The molecule has 0 amide bonds. The minimum absolute atomic E-state index is 0.0819. The highest BCUT2D eigenvalue weighted by atomic mass is 16.5. The van der Waals surface area contributed by atoms with Gasteiger partial charge in [-0.2, -0.15) is 0 Å². The molecule has 0 heterocycles. The number of ketones is 1. The molecule has 0 N–H and O–H groups in total. The second kappa shape index (κ2) is 3.35. The number of ether oxygens (including phenoxy) is 1. The minimum atomic E-state index is 0.0819. The first-order valence-electron chi connectivity index (χ1n) is 4.21. The van der Waals surface area contributed by atoms with E-state index in [2.05, 4.69) is 0 Å². The fraction of sp³-hybridized carbons (Fsp3) is 0.889. The molecule has 1 aliphatic rings. The normalized spacial score (nSPS) is 19.8. The van der Waals surface area contributed by atoms with Crippen LogP contribution in [0.15, 0.2) is 0 Å². The lowest BCUT2D eigenvalue weighted by molar-refractivity contribution is -0.122. The van der Waals surface area contributed by atoms with Crippen molar-refractivity contribution in [2.75, 3.05) is 13.7 Å². The average molecular weight is 156 g/mol. The van der Waals surface area contributed by atoms with Gasteiger partial charge in [0.25, 0.3) is 0 Å². The molecular weight excluding hydrogens is 140 g/mol. The highest BCUT2D eigenvalue weighted by Gasteiger charge is 2.46. The van der Waals surface area contributed by atoms with E-state index in [-0.39, 0.29) is 5.41 Å². The number of hydrogen-bond acceptors (Lipinski definition) is 2. The van der Waals surface area contributed by atoms with Crippen LogP contribution in [0.1, 0.15) is 32.6 Å². The third-order valence-electron chi connectivity index (χ3n) is 2.60. The Kier molecular flexibility index (Phi) is 2.66. The minimum Gasteiger partial charge on any atom is -0.385 e. The maximum absolute atomic E-state index is 11.1. The van der Waals surface area contributed by atoms with Gasteiger partial charge >= 0.3 is 0 Å². The van der Waals surface area contributed by atoms with Crippen molar-refractivity contribution in [2.45, 2.75) is 32.6 Å². The van der Waals surface area contributed by atoms with Gasteiger partial charge < -0.3 is 4.74 Å². The van der Waals surface area contributed by atoms with Gasteiger partial charge in [-0.3, -0.25) is 4.79 Å². The number of hydrogen-bond donors (Lipinski definition) is 0. The molecule has 0 aromatic rings. The smallest absolute Gasteiger partial charge is 0.135 e. The molecule has 0 saturated heterocycles. The summed E-state index contributed by atoms with van der Waals surface area (Å²) in [7, 11) is 1.70. The first-order chi connectivity index (χ1) is 5.21. The van der Waals surface area contributed by atoms with Gasteiger partial charge in [0.05, 0.1) is 0 Å². The SMILES string of the molecule is COCCCC1(C(C)=O)CC1. The standard InChI is InChI=1S/C9H16O2/c1-8(10)9(5-6-9)4-3-7-11-2/h3-7H2,1-2H3. The number of Topliss-reactive ketones (excluding diaryl/α,β-unsaturated/α-hetero) is 1. The molecule has 0 spiro atoms. The first-order valence-corrected chi connectivity index (χ1v) is 4.21. The van der Waals surface area contributed by atoms with Crippen molar-refractivity contribution in [3.8, 4) is 0 Å². The van der Waals surface area contributed by atoms with Crippen molar-refractivity contribution in [1.29, 1.82) is 0 Å².